The van der Waals surface area contributed by atoms with Gasteiger partial charge in [-0.25, -0.2) is 9.78 Å². The lowest BCUT2D eigenvalue weighted by atomic mass is 10.00. The van der Waals surface area contributed by atoms with E-state index in [-0.39, 0.29) is 35.9 Å². The van der Waals surface area contributed by atoms with E-state index in [2.05, 4.69) is 27.1 Å². The number of rotatable bonds is 6. The molecule has 35 heavy (non-hydrogen) atoms. The molecule has 0 spiro atoms. The number of carbonyl (C=O) groups is 2. The highest BCUT2D eigenvalue weighted by Crippen LogP contribution is 2.27. The summed E-state index contributed by atoms with van der Waals surface area (Å²) in [4.78, 5) is 37.5. The van der Waals surface area contributed by atoms with Crippen LogP contribution < -0.4 is 10.1 Å². The summed E-state index contributed by atoms with van der Waals surface area (Å²) < 4.78 is 6.23. The zero-order valence-corrected chi connectivity index (χ0v) is 20.7. The number of amides is 3. The minimum atomic E-state index is -0.408. The molecule has 9 nitrogen and oxygen atoms in total. The Labute approximate surface area is 206 Å². The maximum atomic E-state index is 13.5. The fraction of sp³-hybridized carbons (Fsp3) is 0.462. The lowest BCUT2D eigenvalue weighted by Gasteiger charge is -2.37. The second-order valence-corrected chi connectivity index (χ2v) is 8.80. The predicted octanol–water partition coefficient (Wildman–Crippen LogP) is 2.15. The quantitative estimate of drug-likeness (QED) is 0.615. The molecule has 0 aliphatic carbocycles. The van der Waals surface area contributed by atoms with E-state index in [9.17, 15) is 14.7 Å². The molecular weight excluding hydrogens is 446 g/mol. The zero-order valence-electron chi connectivity index (χ0n) is 20.7. The first-order chi connectivity index (χ1) is 16.8. The lowest BCUT2D eigenvalue weighted by molar-refractivity contribution is 0.0352. The summed E-state index contributed by atoms with van der Waals surface area (Å²) in [6.07, 6.45) is 5.33. The number of nitrogens with one attached hydrogen (secondary N) is 1. The number of hydrogen-bond acceptors (Lipinski definition) is 6. The van der Waals surface area contributed by atoms with Crippen molar-refractivity contribution in [2.24, 2.45) is 5.92 Å². The Kier molecular flexibility index (Phi) is 9.04. The van der Waals surface area contributed by atoms with Gasteiger partial charge in [-0.05, 0) is 31.5 Å². The van der Waals surface area contributed by atoms with Crippen LogP contribution in [-0.2, 0) is 0 Å². The molecule has 0 saturated heterocycles. The first kappa shape index (κ1) is 26.0. The van der Waals surface area contributed by atoms with Gasteiger partial charge in [0.05, 0.1) is 19.2 Å². The van der Waals surface area contributed by atoms with Crippen molar-refractivity contribution in [3.63, 3.8) is 0 Å². The van der Waals surface area contributed by atoms with E-state index in [1.165, 1.54) is 0 Å². The van der Waals surface area contributed by atoms with Gasteiger partial charge in [-0.1, -0.05) is 25.7 Å². The van der Waals surface area contributed by atoms with E-state index in [1.807, 2.05) is 13.8 Å². The van der Waals surface area contributed by atoms with Crippen molar-refractivity contribution in [3.05, 3.63) is 53.5 Å². The van der Waals surface area contributed by atoms with Crippen LogP contribution in [0.1, 0.15) is 48.7 Å². The molecule has 2 aromatic rings. The van der Waals surface area contributed by atoms with Gasteiger partial charge in [0.15, 0.2) is 0 Å². The van der Waals surface area contributed by atoms with E-state index < -0.39 is 12.1 Å². The molecule has 1 aliphatic rings. The molecule has 2 N–H and O–H groups in total. The first-order valence-electron chi connectivity index (χ1n) is 11.8. The molecule has 186 valence electrons. The molecule has 3 amide bonds. The van der Waals surface area contributed by atoms with Crippen LogP contribution in [0.2, 0.25) is 0 Å². The second-order valence-electron chi connectivity index (χ2n) is 8.80. The summed E-state index contributed by atoms with van der Waals surface area (Å²) in [6.45, 7) is 6.85. The number of aromatic nitrogens is 2. The topological polar surface area (TPSA) is 108 Å². The Bertz CT molecular complexity index is 1080. The SMILES string of the molecule is CCCNC(=O)N(C)C[C@H]1Oc2ncc(C#Cc3ccncc3)cc2C(=O)N([C@@H](C)CO)C[C@@H]1C. The molecule has 3 atom stereocenters. The van der Waals surface area contributed by atoms with Crippen LogP contribution in [0, 0.1) is 17.8 Å². The molecule has 9 heteroatoms. The molecule has 0 fully saturated rings. The summed E-state index contributed by atoms with van der Waals surface area (Å²) in [5.41, 5.74) is 1.64. The number of carbonyl (C=O) groups excluding carboxylic acids is 2. The van der Waals surface area contributed by atoms with Gasteiger partial charge in [0, 0.05) is 55.8 Å². The van der Waals surface area contributed by atoms with Crippen molar-refractivity contribution in [3.8, 4) is 17.7 Å². The smallest absolute Gasteiger partial charge is 0.317 e. The highest BCUT2D eigenvalue weighted by Gasteiger charge is 2.34. The third-order valence-electron chi connectivity index (χ3n) is 5.88. The van der Waals surface area contributed by atoms with Crippen molar-refractivity contribution in [2.75, 3.05) is 33.3 Å². The van der Waals surface area contributed by atoms with Crippen LogP contribution >= 0.6 is 0 Å². The van der Waals surface area contributed by atoms with Crippen molar-refractivity contribution in [2.45, 2.75) is 39.3 Å². The molecule has 0 unspecified atom stereocenters. The largest absolute Gasteiger partial charge is 0.472 e. The highest BCUT2D eigenvalue weighted by atomic mass is 16.5. The molecule has 0 saturated carbocycles. The molecule has 3 heterocycles. The summed E-state index contributed by atoms with van der Waals surface area (Å²) in [6, 6.07) is 4.68. The molecule has 0 radical (unpaired) electrons. The van der Waals surface area contributed by atoms with E-state index in [0.29, 0.717) is 25.2 Å². The van der Waals surface area contributed by atoms with Crippen LogP contribution in [-0.4, -0.2) is 82.2 Å². The van der Waals surface area contributed by atoms with Gasteiger partial charge in [0.2, 0.25) is 5.88 Å². The Morgan fingerprint density at radius 2 is 2.06 bits per heavy atom. The highest BCUT2D eigenvalue weighted by molar-refractivity contribution is 5.97. The molecule has 3 rings (SSSR count). The number of aliphatic hydroxyl groups excluding tert-OH is 1. The molecule has 2 aromatic heterocycles. The number of pyridine rings is 2. The van der Waals surface area contributed by atoms with Gasteiger partial charge in [0.25, 0.3) is 5.91 Å². The Morgan fingerprint density at radius 1 is 1.34 bits per heavy atom. The van der Waals surface area contributed by atoms with Gasteiger partial charge in [-0.15, -0.1) is 0 Å². The number of likely N-dealkylation sites (N-methyl/N-ethyl adjacent to an activating group) is 1. The van der Waals surface area contributed by atoms with E-state index >= 15 is 0 Å². The summed E-state index contributed by atoms with van der Waals surface area (Å²) in [5.74, 6) is 5.88. The average Bonchev–Trinajstić information content (AvgIpc) is 2.88. The Balaban J connectivity index is 1.93. The van der Waals surface area contributed by atoms with Crippen LogP contribution in [0.4, 0.5) is 4.79 Å². The van der Waals surface area contributed by atoms with Crippen molar-refractivity contribution in [1.29, 1.82) is 0 Å². The second kappa shape index (κ2) is 12.2. The molecule has 0 aromatic carbocycles. The lowest BCUT2D eigenvalue weighted by Crippen LogP contribution is -2.51. The average molecular weight is 480 g/mol. The van der Waals surface area contributed by atoms with Crippen molar-refractivity contribution < 1.29 is 19.4 Å². The van der Waals surface area contributed by atoms with Gasteiger partial charge < -0.3 is 25.0 Å². The third-order valence-corrected chi connectivity index (χ3v) is 5.88. The minimum Gasteiger partial charge on any atom is -0.472 e. The number of hydrogen-bond donors (Lipinski definition) is 2. The summed E-state index contributed by atoms with van der Waals surface area (Å²) in [7, 11) is 1.71. The molecule has 0 bridgehead atoms. The zero-order chi connectivity index (χ0) is 25.4. The number of nitrogens with zero attached hydrogens (tertiary/aromatic N) is 4. The number of ether oxygens (including phenoxy) is 1. The standard InChI is InChI=1S/C26H33N5O4/c1-5-10-28-26(34)30(4)16-23-18(2)15-31(19(3)17-32)25(33)22-13-21(14-29-24(22)35-23)7-6-20-8-11-27-12-9-20/h8-9,11-14,18-19,23,32H,5,10,15-17H2,1-4H3,(H,28,34)/t18-,19-,23+/m0/s1. The van der Waals surface area contributed by atoms with Crippen molar-refractivity contribution >= 4 is 11.9 Å². The van der Waals surface area contributed by atoms with Gasteiger partial charge in [0.1, 0.15) is 11.7 Å². The van der Waals surface area contributed by atoms with Gasteiger partial charge in [-0.2, -0.15) is 0 Å². The Morgan fingerprint density at radius 3 is 2.74 bits per heavy atom. The number of fused-ring (bicyclic) bond motifs is 1. The van der Waals surface area contributed by atoms with E-state index in [1.54, 1.807) is 60.6 Å². The minimum absolute atomic E-state index is 0.115. The Hall–Kier alpha value is -3.64. The maximum absolute atomic E-state index is 13.5. The van der Waals surface area contributed by atoms with Crippen molar-refractivity contribution in [1.82, 2.24) is 25.1 Å². The molecule has 1 aliphatic heterocycles. The predicted molar refractivity (Wildman–Crippen MR) is 132 cm³/mol. The van der Waals surface area contributed by atoms with Crippen LogP contribution in [0.5, 0.6) is 5.88 Å². The third kappa shape index (κ3) is 6.70. The van der Waals surface area contributed by atoms with Crippen LogP contribution in [0.3, 0.4) is 0 Å². The fourth-order valence-corrected chi connectivity index (χ4v) is 3.69. The van der Waals surface area contributed by atoms with Gasteiger partial charge in [-0.3, -0.25) is 9.78 Å². The summed E-state index contributed by atoms with van der Waals surface area (Å²) >= 11 is 0. The van der Waals surface area contributed by atoms with Crippen LogP contribution in [0.15, 0.2) is 36.8 Å². The van der Waals surface area contributed by atoms with Crippen LogP contribution in [0.25, 0.3) is 0 Å². The number of aliphatic hydroxyl groups is 1. The summed E-state index contributed by atoms with van der Waals surface area (Å²) in [5, 5.41) is 12.7. The maximum Gasteiger partial charge on any atom is 0.317 e. The monoisotopic (exact) mass is 479 g/mol. The molecular formula is C26H33N5O4. The number of urea groups is 1. The normalized spacial score (nSPS) is 18.2. The fourth-order valence-electron chi connectivity index (χ4n) is 3.69. The van der Waals surface area contributed by atoms with Gasteiger partial charge >= 0.3 is 6.03 Å². The first-order valence-corrected chi connectivity index (χ1v) is 11.8. The van der Waals surface area contributed by atoms with E-state index in [4.69, 9.17) is 4.74 Å². The van der Waals surface area contributed by atoms with E-state index in [0.717, 1.165) is 12.0 Å².